The van der Waals surface area contributed by atoms with Gasteiger partial charge in [0.15, 0.2) is 17.3 Å². The van der Waals surface area contributed by atoms with Crippen molar-refractivity contribution >= 4 is 5.91 Å². The van der Waals surface area contributed by atoms with Gasteiger partial charge in [0.2, 0.25) is 6.79 Å². The molecule has 0 bridgehead atoms. The van der Waals surface area contributed by atoms with E-state index in [2.05, 4.69) is 46.0 Å². The second-order valence-corrected chi connectivity index (χ2v) is 7.49. The van der Waals surface area contributed by atoms with E-state index in [4.69, 9.17) is 9.47 Å². The Morgan fingerprint density at radius 2 is 1.90 bits per heavy atom. The van der Waals surface area contributed by atoms with Gasteiger partial charge in [0.1, 0.15) is 5.82 Å². The molecule has 1 amide bonds. The average molecular weight is 390 g/mol. The van der Waals surface area contributed by atoms with Crippen LogP contribution >= 0.6 is 0 Å². The number of carbonyl (C=O) groups excluding carboxylic acids is 1. The molecular weight excluding hydrogens is 368 g/mol. The molecule has 7 nitrogen and oxygen atoms in total. The summed E-state index contributed by atoms with van der Waals surface area (Å²) < 4.78 is 12.9. The first-order valence-electron chi connectivity index (χ1n) is 9.84. The molecule has 3 heterocycles. The molecule has 0 saturated carbocycles. The zero-order valence-electron chi connectivity index (χ0n) is 16.2. The summed E-state index contributed by atoms with van der Waals surface area (Å²) in [5.41, 5.74) is 1.88. The highest BCUT2D eigenvalue weighted by atomic mass is 16.7. The minimum Gasteiger partial charge on any atom is -0.454 e. The Bertz CT molecular complexity index is 1050. The van der Waals surface area contributed by atoms with Gasteiger partial charge in [0.25, 0.3) is 5.91 Å². The highest BCUT2D eigenvalue weighted by molar-refractivity contribution is 5.95. The third-order valence-corrected chi connectivity index (χ3v) is 5.48. The van der Waals surface area contributed by atoms with E-state index >= 15 is 0 Å². The van der Waals surface area contributed by atoms with Gasteiger partial charge in [-0.1, -0.05) is 30.3 Å². The zero-order valence-corrected chi connectivity index (χ0v) is 16.2. The summed E-state index contributed by atoms with van der Waals surface area (Å²) in [7, 11) is 0. The Morgan fingerprint density at radius 1 is 1.07 bits per heavy atom. The van der Waals surface area contributed by atoms with Crippen LogP contribution in [0.5, 0.6) is 11.5 Å². The van der Waals surface area contributed by atoms with Gasteiger partial charge in [0.05, 0.1) is 12.6 Å². The summed E-state index contributed by atoms with van der Waals surface area (Å²) in [6.45, 7) is 3.38. The van der Waals surface area contributed by atoms with E-state index in [9.17, 15) is 4.79 Å². The lowest BCUT2D eigenvalue weighted by molar-refractivity contribution is 0.0679. The van der Waals surface area contributed by atoms with Gasteiger partial charge in [-0.2, -0.15) is 0 Å². The first-order valence-corrected chi connectivity index (χ1v) is 9.84. The lowest BCUT2D eigenvalue weighted by Gasteiger charge is -2.32. The fourth-order valence-electron chi connectivity index (χ4n) is 4.05. The number of hydrogen-bond acceptors (Lipinski definition) is 5. The number of ether oxygens (including phenoxy) is 2. The minimum absolute atomic E-state index is 0.0322. The number of fused-ring (bicyclic) bond motifs is 2. The van der Waals surface area contributed by atoms with E-state index in [1.54, 1.807) is 18.2 Å². The van der Waals surface area contributed by atoms with Crippen LogP contribution in [0.1, 0.15) is 40.5 Å². The van der Waals surface area contributed by atoms with E-state index in [1.807, 2.05) is 11.0 Å². The second-order valence-electron chi connectivity index (χ2n) is 7.49. The van der Waals surface area contributed by atoms with Crippen LogP contribution in [0.4, 0.5) is 0 Å². The van der Waals surface area contributed by atoms with E-state index in [0.29, 0.717) is 30.2 Å². The molecule has 2 aliphatic rings. The molecule has 0 aliphatic carbocycles. The molecule has 29 heavy (non-hydrogen) atoms. The van der Waals surface area contributed by atoms with Crippen LogP contribution in [0.25, 0.3) is 0 Å². The maximum atomic E-state index is 13.0. The lowest BCUT2D eigenvalue weighted by atomic mass is 10.1. The standard InChI is InChI=1S/C22H22N4O3/c1-15-12-25(22(27)17-8-9-18-19(11-17)29-14-28-18)13-21-24-23-20(26(15)21)10-7-16-5-3-2-4-6-16/h2-6,8-9,11,15H,7,10,12-14H2,1H3/t15-/m0/s1. The van der Waals surface area contributed by atoms with Crippen molar-refractivity contribution in [2.24, 2.45) is 0 Å². The largest absolute Gasteiger partial charge is 0.454 e. The Morgan fingerprint density at radius 3 is 2.76 bits per heavy atom. The van der Waals surface area contributed by atoms with E-state index in [1.165, 1.54) is 5.56 Å². The monoisotopic (exact) mass is 390 g/mol. The number of rotatable bonds is 4. The molecule has 2 aromatic carbocycles. The third-order valence-electron chi connectivity index (χ3n) is 5.48. The van der Waals surface area contributed by atoms with Crippen LogP contribution in [0.3, 0.4) is 0 Å². The second kappa shape index (κ2) is 7.24. The topological polar surface area (TPSA) is 69.5 Å². The highest BCUT2D eigenvalue weighted by Crippen LogP contribution is 2.33. The molecule has 0 N–H and O–H groups in total. The number of aromatic nitrogens is 3. The quantitative estimate of drug-likeness (QED) is 0.685. The van der Waals surface area contributed by atoms with E-state index < -0.39 is 0 Å². The van der Waals surface area contributed by atoms with Crippen LogP contribution in [-0.2, 0) is 19.4 Å². The van der Waals surface area contributed by atoms with Crippen molar-refractivity contribution in [1.29, 1.82) is 0 Å². The summed E-state index contributed by atoms with van der Waals surface area (Å²) in [4.78, 5) is 14.9. The molecule has 0 fully saturated rings. The predicted molar refractivity (Wildman–Crippen MR) is 106 cm³/mol. The number of nitrogens with zero attached hydrogens (tertiary/aromatic N) is 4. The molecular formula is C22H22N4O3. The molecule has 3 aromatic rings. The molecule has 7 heteroatoms. The van der Waals surface area contributed by atoms with Crippen LogP contribution in [0.15, 0.2) is 48.5 Å². The number of amides is 1. The molecule has 0 unspecified atom stereocenters. The van der Waals surface area contributed by atoms with Gasteiger partial charge in [-0.15, -0.1) is 10.2 Å². The first kappa shape index (κ1) is 17.7. The highest BCUT2D eigenvalue weighted by Gasteiger charge is 2.30. The van der Waals surface area contributed by atoms with Crippen LogP contribution in [0.2, 0.25) is 0 Å². The summed E-state index contributed by atoms with van der Waals surface area (Å²) in [6.07, 6.45) is 1.75. The zero-order chi connectivity index (χ0) is 19.8. The molecule has 5 rings (SSSR count). The molecule has 1 atom stereocenters. The maximum Gasteiger partial charge on any atom is 0.254 e. The van der Waals surface area contributed by atoms with Crippen molar-refractivity contribution < 1.29 is 14.3 Å². The van der Waals surface area contributed by atoms with Gasteiger partial charge in [-0.25, -0.2) is 0 Å². The summed E-state index contributed by atoms with van der Waals surface area (Å²) in [5.74, 6) is 3.08. The Labute approximate surface area is 168 Å². The lowest BCUT2D eigenvalue weighted by Crippen LogP contribution is -2.40. The maximum absolute atomic E-state index is 13.0. The summed E-state index contributed by atoms with van der Waals surface area (Å²) in [6, 6.07) is 15.8. The summed E-state index contributed by atoms with van der Waals surface area (Å²) >= 11 is 0. The fourth-order valence-corrected chi connectivity index (χ4v) is 4.05. The van der Waals surface area contributed by atoms with Crippen molar-refractivity contribution in [2.45, 2.75) is 32.4 Å². The van der Waals surface area contributed by atoms with E-state index in [0.717, 1.165) is 24.5 Å². The number of hydrogen-bond donors (Lipinski definition) is 0. The van der Waals surface area contributed by atoms with Crippen LogP contribution in [-0.4, -0.2) is 38.9 Å². The first-order chi connectivity index (χ1) is 14.2. The SMILES string of the molecule is C[C@H]1CN(C(=O)c2ccc3c(c2)OCO3)Cc2nnc(CCc3ccccc3)n21. The van der Waals surface area contributed by atoms with Crippen LogP contribution < -0.4 is 9.47 Å². The smallest absolute Gasteiger partial charge is 0.254 e. The van der Waals surface area contributed by atoms with Gasteiger partial charge < -0.3 is 18.9 Å². The van der Waals surface area contributed by atoms with Crippen molar-refractivity contribution in [3.63, 3.8) is 0 Å². The molecule has 0 spiro atoms. The van der Waals surface area contributed by atoms with Gasteiger partial charge >= 0.3 is 0 Å². The van der Waals surface area contributed by atoms with Gasteiger partial charge in [0, 0.05) is 18.5 Å². The van der Waals surface area contributed by atoms with Gasteiger partial charge in [-0.3, -0.25) is 4.79 Å². The molecule has 148 valence electrons. The van der Waals surface area contributed by atoms with Gasteiger partial charge in [-0.05, 0) is 37.1 Å². The fraction of sp³-hybridized carbons (Fsp3) is 0.318. The minimum atomic E-state index is -0.0322. The van der Waals surface area contributed by atoms with Crippen molar-refractivity contribution in [3.8, 4) is 11.5 Å². The Hall–Kier alpha value is -3.35. The number of benzene rings is 2. The third kappa shape index (κ3) is 3.33. The average Bonchev–Trinajstić information content (AvgIpc) is 3.39. The van der Waals surface area contributed by atoms with E-state index in [-0.39, 0.29) is 18.7 Å². The molecule has 0 saturated heterocycles. The molecule has 1 aromatic heterocycles. The van der Waals surface area contributed by atoms with Crippen molar-refractivity contribution in [3.05, 3.63) is 71.3 Å². The molecule has 0 radical (unpaired) electrons. The number of aryl methyl sites for hydroxylation is 2. The predicted octanol–water partition coefficient (Wildman–Crippen LogP) is 3.01. The van der Waals surface area contributed by atoms with Crippen LogP contribution in [0, 0.1) is 0 Å². The Kier molecular flexibility index (Phi) is 4.42. The normalized spacial score (nSPS) is 17.3. The Balaban J connectivity index is 1.32. The summed E-state index contributed by atoms with van der Waals surface area (Å²) in [5, 5.41) is 8.79. The van der Waals surface area contributed by atoms with Crippen molar-refractivity contribution in [1.82, 2.24) is 19.7 Å². The van der Waals surface area contributed by atoms with Crippen molar-refractivity contribution in [2.75, 3.05) is 13.3 Å². The number of carbonyl (C=O) groups is 1. The molecule has 2 aliphatic heterocycles.